The van der Waals surface area contributed by atoms with Crippen molar-refractivity contribution in [3.05, 3.63) is 39.9 Å². The molecular weight excluding hydrogens is 239 g/mol. The van der Waals surface area contributed by atoms with E-state index in [1.165, 1.54) is 24.3 Å². The second kappa shape index (κ2) is 5.23. The van der Waals surface area contributed by atoms with Crippen molar-refractivity contribution >= 4 is 20.2 Å². The van der Waals surface area contributed by atoms with Gasteiger partial charge in [-0.3, -0.25) is 14.9 Å². The van der Waals surface area contributed by atoms with Gasteiger partial charge >= 0.3 is 0 Å². The minimum absolute atomic E-state index is 0.0154. The first-order valence-corrected chi connectivity index (χ1v) is 6.84. The molecule has 0 spiro atoms. The highest BCUT2D eigenvalue weighted by atomic mass is 31.1. The fourth-order valence-corrected chi connectivity index (χ4v) is 2.88. The van der Waals surface area contributed by atoms with Crippen molar-refractivity contribution in [1.82, 2.24) is 4.90 Å². The number of benzene rings is 1. The Morgan fingerprint density at radius 1 is 1.24 bits per heavy atom. The Bertz CT molecular complexity index is 427. The van der Waals surface area contributed by atoms with Crippen LogP contribution >= 0.6 is 8.58 Å². The van der Waals surface area contributed by atoms with E-state index in [9.17, 15) is 14.9 Å². The lowest BCUT2D eigenvalue weighted by molar-refractivity contribution is -0.384. The number of nitro groups is 1. The summed E-state index contributed by atoms with van der Waals surface area (Å²) in [7, 11) is 0.949. The lowest BCUT2D eigenvalue weighted by Gasteiger charge is -2.26. The van der Waals surface area contributed by atoms with Crippen molar-refractivity contribution in [2.24, 2.45) is 0 Å². The first-order valence-electron chi connectivity index (χ1n) is 5.43. The Morgan fingerprint density at radius 2 is 1.82 bits per heavy atom. The fraction of sp³-hybridized carbons (Fsp3) is 0.364. The SMILES string of the molecule is O=C(c1ccc([N+](=O)[O-])cc1)N1CCPCC1. The zero-order chi connectivity index (χ0) is 12.3. The fourth-order valence-electron chi connectivity index (χ4n) is 1.78. The number of hydrogen-bond donors (Lipinski definition) is 0. The first-order chi connectivity index (χ1) is 8.18. The maximum absolute atomic E-state index is 12.0. The van der Waals surface area contributed by atoms with Crippen LogP contribution in [0.1, 0.15) is 10.4 Å². The summed E-state index contributed by atoms with van der Waals surface area (Å²) in [6.45, 7) is 1.60. The molecule has 1 aromatic carbocycles. The Balaban J connectivity index is 2.10. The number of rotatable bonds is 2. The largest absolute Gasteiger partial charge is 0.338 e. The minimum Gasteiger partial charge on any atom is -0.338 e. The van der Waals surface area contributed by atoms with E-state index < -0.39 is 4.92 Å². The zero-order valence-corrected chi connectivity index (χ0v) is 10.3. The normalized spacial score (nSPS) is 15.6. The predicted molar refractivity (Wildman–Crippen MR) is 67.0 cm³/mol. The third kappa shape index (κ3) is 2.80. The van der Waals surface area contributed by atoms with Crippen molar-refractivity contribution in [3.63, 3.8) is 0 Å². The number of nitro benzene ring substituents is 1. The van der Waals surface area contributed by atoms with Crippen molar-refractivity contribution in [2.45, 2.75) is 0 Å². The van der Waals surface area contributed by atoms with E-state index in [0.29, 0.717) is 5.56 Å². The van der Waals surface area contributed by atoms with Gasteiger partial charge < -0.3 is 4.90 Å². The molecule has 1 heterocycles. The van der Waals surface area contributed by atoms with Gasteiger partial charge in [-0.15, -0.1) is 8.58 Å². The number of hydrogen-bond acceptors (Lipinski definition) is 3. The highest BCUT2D eigenvalue weighted by molar-refractivity contribution is 7.38. The lowest BCUT2D eigenvalue weighted by Crippen LogP contribution is -2.37. The quantitative estimate of drug-likeness (QED) is 0.457. The summed E-state index contributed by atoms with van der Waals surface area (Å²) in [5.41, 5.74) is 0.544. The molecule has 17 heavy (non-hydrogen) atoms. The highest BCUT2D eigenvalue weighted by Crippen LogP contribution is 2.19. The molecule has 90 valence electrons. The summed E-state index contributed by atoms with van der Waals surface area (Å²) >= 11 is 0. The molecule has 1 fully saturated rings. The molecule has 0 atom stereocenters. The Labute approximate surface area is 101 Å². The van der Waals surface area contributed by atoms with Crippen LogP contribution in [-0.4, -0.2) is 41.1 Å². The van der Waals surface area contributed by atoms with Gasteiger partial charge in [-0.1, -0.05) is 0 Å². The van der Waals surface area contributed by atoms with Gasteiger partial charge in [-0.25, -0.2) is 0 Å². The molecule has 1 aliphatic rings. The van der Waals surface area contributed by atoms with Gasteiger partial charge in [0.2, 0.25) is 0 Å². The number of carbonyl (C=O) groups excluding carboxylic acids is 1. The molecule has 1 aliphatic heterocycles. The number of amides is 1. The highest BCUT2D eigenvalue weighted by Gasteiger charge is 2.18. The molecule has 6 heteroatoms. The molecule has 1 amide bonds. The standard InChI is InChI=1S/C11H13N2O3P/c14-11(12-5-7-17-8-6-12)9-1-3-10(4-2-9)13(15)16/h1-4,17H,5-8H2. The Kier molecular flexibility index (Phi) is 3.69. The molecule has 1 aromatic rings. The molecular formula is C11H13N2O3P. The summed E-state index contributed by atoms with van der Waals surface area (Å²) in [5, 5.41) is 10.5. The van der Waals surface area contributed by atoms with Gasteiger partial charge in [0, 0.05) is 30.8 Å². The van der Waals surface area contributed by atoms with E-state index in [1.807, 2.05) is 4.90 Å². The molecule has 1 saturated heterocycles. The van der Waals surface area contributed by atoms with Crippen LogP contribution in [0.25, 0.3) is 0 Å². The molecule has 0 aliphatic carbocycles. The summed E-state index contributed by atoms with van der Waals surface area (Å²) in [4.78, 5) is 23.9. The van der Waals surface area contributed by atoms with E-state index >= 15 is 0 Å². The lowest BCUT2D eigenvalue weighted by atomic mass is 10.2. The molecule has 0 bridgehead atoms. The smallest absolute Gasteiger partial charge is 0.269 e. The predicted octanol–water partition coefficient (Wildman–Crippen LogP) is 1.73. The second-order valence-electron chi connectivity index (χ2n) is 3.85. The van der Waals surface area contributed by atoms with E-state index in [1.54, 1.807) is 0 Å². The van der Waals surface area contributed by atoms with E-state index in [0.717, 1.165) is 34.0 Å². The van der Waals surface area contributed by atoms with Crippen LogP contribution in [0.4, 0.5) is 5.69 Å². The minimum atomic E-state index is -0.462. The summed E-state index contributed by atoms with van der Waals surface area (Å²) in [6.07, 6.45) is 2.14. The Morgan fingerprint density at radius 3 is 2.35 bits per heavy atom. The third-order valence-corrected chi connectivity index (χ3v) is 3.88. The first kappa shape index (κ1) is 12.0. The molecule has 5 nitrogen and oxygen atoms in total. The summed E-state index contributed by atoms with van der Waals surface area (Å²) < 4.78 is 0. The maximum Gasteiger partial charge on any atom is 0.269 e. The number of carbonyl (C=O) groups is 1. The van der Waals surface area contributed by atoms with Gasteiger partial charge in [-0.2, -0.15) is 0 Å². The van der Waals surface area contributed by atoms with Crippen LogP contribution in [0.15, 0.2) is 24.3 Å². The van der Waals surface area contributed by atoms with Gasteiger partial charge in [0.1, 0.15) is 0 Å². The molecule has 0 N–H and O–H groups in total. The van der Waals surface area contributed by atoms with E-state index in [2.05, 4.69) is 0 Å². The van der Waals surface area contributed by atoms with Gasteiger partial charge in [0.15, 0.2) is 0 Å². The van der Waals surface area contributed by atoms with Gasteiger partial charge in [-0.05, 0) is 24.5 Å². The van der Waals surface area contributed by atoms with Gasteiger partial charge in [0.05, 0.1) is 4.92 Å². The van der Waals surface area contributed by atoms with Crippen LogP contribution in [-0.2, 0) is 0 Å². The third-order valence-electron chi connectivity index (χ3n) is 2.73. The molecule has 0 aromatic heterocycles. The average molecular weight is 252 g/mol. The topological polar surface area (TPSA) is 63.4 Å². The van der Waals surface area contributed by atoms with Gasteiger partial charge in [0.25, 0.3) is 11.6 Å². The molecule has 0 saturated carbocycles. The summed E-state index contributed by atoms with van der Waals surface area (Å²) in [5.74, 6) is -0.0237. The molecule has 0 radical (unpaired) electrons. The average Bonchev–Trinajstić information content (AvgIpc) is 2.39. The van der Waals surface area contributed by atoms with Crippen molar-refractivity contribution < 1.29 is 9.72 Å². The van der Waals surface area contributed by atoms with E-state index in [-0.39, 0.29) is 11.6 Å². The van der Waals surface area contributed by atoms with Crippen LogP contribution in [0, 0.1) is 10.1 Å². The second-order valence-corrected chi connectivity index (χ2v) is 5.35. The van der Waals surface area contributed by atoms with E-state index in [4.69, 9.17) is 0 Å². The zero-order valence-electron chi connectivity index (χ0n) is 9.26. The number of non-ortho nitro benzene ring substituents is 1. The van der Waals surface area contributed by atoms with Crippen LogP contribution < -0.4 is 0 Å². The van der Waals surface area contributed by atoms with Crippen molar-refractivity contribution in [3.8, 4) is 0 Å². The van der Waals surface area contributed by atoms with Crippen LogP contribution in [0.2, 0.25) is 0 Å². The van der Waals surface area contributed by atoms with Crippen LogP contribution in [0.5, 0.6) is 0 Å². The van der Waals surface area contributed by atoms with Crippen molar-refractivity contribution in [1.29, 1.82) is 0 Å². The number of nitrogens with zero attached hydrogens (tertiary/aromatic N) is 2. The molecule has 0 unspecified atom stereocenters. The Hall–Kier alpha value is -1.48. The summed E-state index contributed by atoms with van der Waals surface area (Å²) in [6, 6.07) is 5.80. The van der Waals surface area contributed by atoms with Crippen molar-refractivity contribution in [2.75, 3.05) is 25.4 Å². The molecule has 2 rings (SSSR count). The monoisotopic (exact) mass is 252 g/mol. The van der Waals surface area contributed by atoms with Crippen LogP contribution in [0.3, 0.4) is 0 Å². The maximum atomic E-state index is 12.0.